The number of carbonyl (C=O) groups is 1. The van der Waals surface area contributed by atoms with Gasteiger partial charge in [-0.25, -0.2) is 0 Å². The maximum absolute atomic E-state index is 12.6. The molecule has 1 saturated heterocycles. The van der Waals surface area contributed by atoms with Gasteiger partial charge in [0.25, 0.3) is 5.91 Å². The number of amides is 1. The number of carbonyl (C=O) groups excluding carboxylic acids is 1. The Balaban J connectivity index is 1.80. The highest BCUT2D eigenvalue weighted by Crippen LogP contribution is 2.37. The standard InChI is InChI=1S/C15H19IN2O/c1-9-2-4-13(16)11(6-9)15(19)18-7-10-3-5-14(17)12(10)8-18/h2,4,6,10,12,14H,3,5,7-8,17H2,1H3. The smallest absolute Gasteiger partial charge is 0.254 e. The lowest BCUT2D eigenvalue weighted by molar-refractivity contribution is 0.0778. The molecule has 19 heavy (non-hydrogen) atoms. The van der Waals surface area contributed by atoms with Crippen molar-refractivity contribution in [2.24, 2.45) is 17.6 Å². The van der Waals surface area contributed by atoms with E-state index in [9.17, 15) is 4.79 Å². The number of aryl methyl sites for hydroxylation is 1. The van der Waals surface area contributed by atoms with Gasteiger partial charge in [-0.3, -0.25) is 4.79 Å². The van der Waals surface area contributed by atoms with Crippen LogP contribution in [0.4, 0.5) is 0 Å². The zero-order valence-electron chi connectivity index (χ0n) is 11.1. The minimum absolute atomic E-state index is 0.176. The van der Waals surface area contributed by atoms with Crippen LogP contribution in [-0.2, 0) is 0 Å². The summed E-state index contributed by atoms with van der Waals surface area (Å²) >= 11 is 2.24. The van der Waals surface area contributed by atoms with Gasteiger partial charge in [-0.05, 0) is 66.3 Å². The third kappa shape index (κ3) is 2.40. The van der Waals surface area contributed by atoms with Crippen molar-refractivity contribution < 1.29 is 4.79 Å². The van der Waals surface area contributed by atoms with Gasteiger partial charge < -0.3 is 10.6 Å². The molecule has 4 heteroatoms. The van der Waals surface area contributed by atoms with Crippen LogP contribution < -0.4 is 5.73 Å². The molecule has 1 saturated carbocycles. The second kappa shape index (κ2) is 5.05. The largest absolute Gasteiger partial charge is 0.338 e. The van der Waals surface area contributed by atoms with E-state index in [2.05, 4.69) is 22.6 Å². The molecule has 0 spiro atoms. The van der Waals surface area contributed by atoms with Gasteiger partial charge in [0, 0.05) is 22.7 Å². The van der Waals surface area contributed by atoms with E-state index in [0.29, 0.717) is 17.9 Å². The maximum Gasteiger partial charge on any atom is 0.254 e. The fraction of sp³-hybridized carbons (Fsp3) is 0.533. The van der Waals surface area contributed by atoms with Crippen LogP contribution in [0.5, 0.6) is 0 Å². The van der Waals surface area contributed by atoms with Crippen molar-refractivity contribution in [1.29, 1.82) is 0 Å². The van der Waals surface area contributed by atoms with Gasteiger partial charge in [-0.15, -0.1) is 0 Å². The summed E-state index contributed by atoms with van der Waals surface area (Å²) in [5.41, 5.74) is 8.12. The van der Waals surface area contributed by atoms with E-state index < -0.39 is 0 Å². The highest BCUT2D eigenvalue weighted by Gasteiger charge is 2.42. The molecule has 3 rings (SSSR count). The quantitative estimate of drug-likeness (QED) is 0.772. The molecule has 2 N–H and O–H groups in total. The first kappa shape index (κ1) is 13.4. The first-order chi connectivity index (χ1) is 9.06. The fourth-order valence-corrected chi connectivity index (χ4v) is 4.01. The van der Waals surface area contributed by atoms with Crippen molar-refractivity contribution in [1.82, 2.24) is 4.90 Å². The minimum atomic E-state index is 0.176. The number of rotatable bonds is 1. The number of likely N-dealkylation sites (tertiary alicyclic amines) is 1. The number of hydrogen-bond donors (Lipinski definition) is 1. The molecule has 2 fully saturated rings. The Bertz CT molecular complexity index is 517. The topological polar surface area (TPSA) is 46.3 Å². The van der Waals surface area contributed by atoms with Crippen LogP contribution in [-0.4, -0.2) is 29.9 Å². The molecular weight excluding hydrogens is 351 g/mol. The first-order valence-corrected chi connectivity index (χ1v) is 7.95. The van der Waals surface area contributed by atoms with Crippen molar-refractivity contribution in [3.63, 3.8) is 0 Å². The average molecular weight is 370 g/mol. The maximum atomic E-state index is 12.6. The van der Waals surface area contributed by atoms with Gasteiger partial charge in [0.1, 0.15) is 0 Å². The monoisotopic (exact) mass is 370 g/mol. The lowest BCUT2D eigenvalue weighted by atomic mass is 9.98. The third-order valence-electron chi connectivity index (χ3n) is 4.55. The SMILES string of the molecule is Cc1ccc(I)c(C(=O)N2CC3CCC(N)C3C2)c1. The molecule has 3 atom stereocenters. The molecule has 1 heterocycles. The van der Waals surface area contributed by atoms with E-state index >= 15 is 0 Å². The molecule has 102 valence electrons. The second-order valence-corrected chi connectivity index (χ2v) is 7.02. The molecule has 1 aromatic rings. The van der Waals surface area contributed by atoms with Gasteiger partial charge in [0.15, 0.2) is 0 Å². The Morgan fingerprint density at radius 1 is 1.37 bits per heavy atom. The minimum Gasteiger partial charge on any atom is -0.338 e. The average Bonchev–Trinajstić information content (AvgIpc) is 2.94. The molecule has 1 aliphatic carbocycles. The van der Waals surface area contributed by atoms with Crippen molar-refractivity contribution in [3.8, 4) is 0 Å². The van der Waals surface area contributed by atoms with Crippen LogP contribution in [0.1, 0.15) is 28.8 Å². The van der Waals surface area contributed by atoms with E-state index in [0.717, 1.165) is 34.2 Å². The lowest BCUT2D eigenvalue weighted by Crippen LogP contribution is -2.33. The molecule has 1 amide bonds. The van der Waals surface area contributed by atoms with Crippen LogP contribution in [0, 0.1) is 22.3 Å². The zero-order chi connectivity index (χ0) is 13.6. The van der Waals surface area contributed by atoms with E-state index in [1.807, 2.05) is 30.0 Å². The molecule has 0 bridgehead atoms. The predicted molar refractivity (Wildman–Crippen MR) is 84.0 cm³/mol. The first-order valence-electron chi connectivity index (χ1n) is 6.87. The Kier molecular flexibility index (Phi) is 3.55. The highest BCUT2D eigenvalue weighted by molar-refractivity contribution is 14.1. The summed E-state index contributed by atoms with van der Waals surface area (Å²) in [6.45, 7) is 3.76. The normalized spacial score (nSPS) is 29.6. The molecule has 3 unspecified atom stereocenters. The zero-order valence-corrected chi connectivity index (χ0v) is 13.3. The number of nitrogens with two attached hydrogens (primary N) is 1. The van der Waals surface area contributed by atoms with E-state index in [1.54, 1.807) is 0 Å². The molecule has 0 aromatic heterocycles. The van der Waals surface area contributed by atoms with Gasteiger partial charge in [-0.1, -0.05) is 11.6 Å². The summed E-state index contributed by atoms with van der Waals surface area (Å²) in [5, 5.41) is 0. The predicted octanol–water partition coefficient (Wildman–Crippen LogP) is 2.41. The number of nitrogens with zero attached hydrogens (tertiary/aromatic N) is 1. The third-order valence-corrected chi connectivity index (χ3v) is 5.49. The Hall–Kier alpha value is -0.620. The van der Waals surface area contributed by atoms with Crippen LogP contribution in [0.3, 0.4) is 0 Å². The molecule has 0 radical (unpaired) electrons. The van der Waals surface area contributed by atoms with Gasteiger partial charge in [0.05, 0.1) is 5.56 Å². The van der Waals surface area contributed by atoms with E-state index in [-0.39, 0.29) is 5.91 Å². The van der Waals surface area contributed by atoms with Crippen LogP contribution >= 0.6 is 22.6 Å². The van der Waals surface area contributed by atoms with Crippen LogP contribution in [0.15, 0.2) is 18.2 Å². The van der Waals surface area contributed by atoms with Gasteiger partial charge in [0.2, 0.25) is 0 Å². The van der Waals surface area contributed by atoms with Crippen LogP contribution in [0.2, 0.25) is 0 Å². The van der Waals surface area contributed by atoms with Crippen molar-refractivity contribution >= 4 is 28.5 Å². The molecule has 1 aromatic carbocycles. The van der Waals surface area contributed by atoms with Gasteiger partial charge >= 0.3 is 0 Å². The van der Waals surface area contributed by atoms with Gasteiger partial charge in [-0.2, -0.15) is 0 Å². The summed E-state index contributed by atoms with van der Waals surface area (Å²) < 4.78 is 1.04. The highest BCUT2D eigenvalue weighted by atomic mass is 127. The molecule has 3 nitrogen and oxygen atoms in total. The van der Waals surface area contributed by atoms with E-state index in [4.69, 9.17) is 5.73 Å². The number of benzene rings is 1. The van der Waals surface area contributed by atoms with Crippen molar-refractivity contribution in [3.05, 3.63) is 32.9 Å². The van der Waals surface area contributed by atoms with E-state index in [1.165, 1.54) is 6.42 Å². The number of halogens is 1. The summed E-state index contributed by atoms with van der Waals surface area (Å²) in [7, 11) is 0. The van der Waals surface area contributed by atoms with Crippen molar-refractivity contribution in [2.75, 3.05) is 13.1 Å². The second-order valence-electron chi connectivity index (χ2n) is 5.86. The molecular formula is C15H19IN2O. The fourth-order valence-electron chi connectivity index (χ4n) is 3.45. The summed E-state index contributed by atoms with van der Waals surface area (Å²) in [5.74, 6) is 1.32. The lowest BCUT2D eigenvalue weighted by Gasteiger charge is -2.19. The molecule has 2 aliphatic rings. The summed E-state index contributed by atoms with van der Waals surface area (Å²) in [6.07, 6.45) is 2.31. The number of hydrogen-bond acceptors (Lipinski definition) is 2. The Morgan fingerprint density at radius 2 is 2.16 bits per heavy atom. The number of fused-ring (bicyclic) bond motifs is 1. The summed E-state index contributed by atoms with van der Waals surface area (Å²) in [4.78, 5) is 14.6. The van der Waals surface area contributed by atoms with Crippen molar-refractivity contribution in [2.45, 2.75) is 25.8 Å². The Morgan fingerprint density at radius 3 is 2.89 bits per heavy atom. The van der Waals surface area contributed by atoms with Crippen LogP contribution in [0.25, 0.3) is 0 Å². The molecule has 1 aliphatic heterocycles. The Labute approximate surface area is 127 Å². The summed E-state index contributed by atoms with van der Waals surface area (Å²) in [6, 6.07) is 6.36.